The van der Waals surface area contributed by atoms with Gasteiger partial charge in [-0.15, -0.1) is 0 Å². The molecule has 1 heterocycles. The van der Waals surface area contributed by atoms with Crippen molar-refractivity contribution in [2.24, 2.45) is 0 Å². The zero-order valence-corrected chi connectivity index (χ0v) is 10.9. The highest BCUT2D eigenvalue weighted by molar-refractivity contribution is 9.09. The first-order valence-electron chi connectivity index (χ1n) is 5.46. The quantitative estimate of drug-likeness (QED) is 0.560. The van der Waals surface area contributed by atoms with Crippen LogP contribution in [0.5, 0.6) is 0 Å². The Bertz CT molecular complexity index is 251. The Balaban J connectivity index is 2.14. The van der Waals surface area contributed by atoms with Crippen molar-refractivity contribution in [2.75, 3.05) is 25.5 Å². The maximum Gasteiger partial charge on any atom is 0.0270 e. The molecule has 2 nitrogen and oxygen atoms in total. The summed E-state index contributed by atoms with van der Waals surface area (Å²) in [6, 6.07) is 4.18. The van der Waals surface area contributed by atoms with E-state index in [1.54, 1.807) is 0 Å². The molecular weight excluding hydrogens is 252 g/mol. The van der Waals surface area contributed by atoms with Gasteiger partial charge in [-0.2, -0.15) is 0 Å². The lowest BCUT2D eigenvalue weighted by Crippen LogP contribution is -2.22. The Morgan fingerprint density at radius 2 is 1.93 bits per heavy atom. The molecule has 0 amide bonds. The van der Waals surface area contributed by atoms with E-state index < -0.39 is 0 Å². The Kier molecular flexibility index (Phi) is 6.60. The van der Waals surface area contributed by atoms with Crippen LogP contribution < -0.4 is 0 Å². The van der Waals surface area contributed by atoms with Gasteiger partial charge in [0.2, 0.25) is 0 Å². The van der Waals surface area contributed by atoms with Crippen LogP contribution in [0.3, 0.4) is 0 Å². The van der Waals surface area contributed by atoms with Crippen molar-refractivity contribution in [2.45, 2.75) is 19.3 Å². The molecule has 0 N–H and O–H groups in total. The van der Waals surface area contributed by atoms with Gasteiger partial charge < -0.3 is 4.90 Å². The van der Waals surface area contributed by atoms with E-state index in [1.807, 2.05) is 12.4 Å². The minimum atomic E-state index is 1.12. The average molecular weight is 271 g/mol. The van der Waals surface area contributed by atoms with Gasteiger partial charge >= 0.3 is 0 Å². The number of pyridine rings is 1. The lowest BCUT2D eigenvalue weighted by atomic mass is 10.2. The second-order valence-corrected chi connectivity index (χ2v) is 4.60. The molecule has 1 aromatic heterocycles. The fourth-order valence-corrected chi connectivity index (χ4v) is 1.85. The molecule has 0 aliphatic carbocycles. The number of halogens is 1. The summed E-state index contributed by atoms with van der Waals surface area (Å²) in [6.45, 7) is 2.32. The van der Waals surface area contributed by atoms with Crippen molar-refractivity contribution in [3.8, 4) is 0 Å². The number of unbranched alkanes of at least 4 members (excludes halogenated alkanes) is 1. The van der Waals surface area contributed by atoms with Crippen molar-refractivity contribution in [1.29, 1.82) is 0 Å². The van der Waals surface area contributed by atoms with Crippen LogP contribution in [0.2, 0.25) is 0 Å². The zero-order valence-electron chi connectivity index (χ0n) is 9.32. The minimum absolute atomic E-state index is 1.12. The van der Waals surface area contributed by atoms with Crippen LogP contribution in [0.25, 0.3) is 0 Å². The highest BCUT2D eigenvalue weighted by atomic mass is 79.9. The maximum atomic E-state index is 4.01. The normalized spacial score (nSPS) is 10.9. The van der Waals surface area contributed by atoms with Gasteiger partial charge in [0.25, 0.3) is 0 Å². The molecule has 84 valence electrons. The minimum Gasteiger partial charge on any atom is -0.306 e. The molecule has 15 heavy (non-hydrogen) atoms. The molecule has 0 unspecified atom stereocenters. The van der Waals surface area contributed by atoms with E-state index in [4.69, 9.17) is 0 Å². The monoisotopic (exact) mass is 270 g/mol. The van der Waals surface area contributed by atoms with E-state index in [0.29, 0.717) is 0 Å². The van der Waals surface area contributed by atoms with Crippen LogP contribution in [0, 0.1) is 0 Å². The largest absolute Gasteiger partial charge is 0.306 e. The summed E-state index contributed by atoms with van der Waals surface area (Å²) in [4.78, 5) is 6.41. The molecule has 0 aliphatic rings. The predicted octanol–water partition coefficient (Wildman–Crippen LogP) is 2.73. The fraction of sp³-hybridized carbons (Fsp3) is 0.583. The SMILES string of the molecule is CN(CCCCBr)CCc1ccncc1. The molecule has 0 radical (unpaired) electrons. The number of hydrogen-bond acceptors (Lipinski definition) is 2. The fourth-order valence-electron chi connectivity index (χ4n) is 1.46. The van der Waals surface area contributed by atoms with Crippen LogP contribution in [-0.4, -0.2) is 35.4 Å². The van der Waals surface area contributed by atoms with E-state index in [2.05, 4.69) is 45.0 Å². The summed E-state index contributed by atoms with van der Waals surface area (Å²) in [7, 11) is 2.19. The predicted molar refractivity (Wildman–Crippen MR) is 68.5 cm³/mol. The summed E-state index contributed by atoms with van der Waals surface area (Å²) in [5.74, 6) is 0. The Labute approximate surface area is 101 Å². The van der Waals surface area contributed by atoms with Gasteiger partial charge in [0.15, 0.2) is 0 Å². The van der Waals surface area contributed by atoms with E-state index >= 15 is 0 Å². The van der Waals surface area contributed by atoms with Crippen molar-refractivity contribution in [1.82, 2.24) is 9.88 Å². The second-order valence-electron chi connectivity index (χ2n) is 3.80. The number of nitrogens with zero attached hydrogens (tertiary/aromatic N) is 2. The first kappa shape index (κ1) is 12.7. The lowest BCUT2D eigenvalue weighted by Gasteiger charge is -2.15. The molecule has 3 heteroatoms. The molecule has 1 aromatic rings. The molecule has 0 fully saturated rings. The topological polar surface area (TPSA) is 16.1 Å². The molecule has 0 saturated carbocycles. The maximum absolute atomic E-state index is 4.01. The highest BCUT2D eigenvalue weighted by Gasteiger charge is 1.98. The van der Waals surface area contributed by atoms with Crippen LogP contribution in [0.15, 0.2) is 24.5 Å². The van der Waals surface area contributed by atoms with Crippen molar-refractivity contribution >= 4 is 15.9 Å². The first-order chi connectivity index (χ1) is 7.33. The van der Waals surface area contributed by atoms with Crippen LogP contribution in [0.4, 0.5) is 0 Å². The molecule has 0 saturated heterocycles. The molecule has 0 spiro atoms. The number of hydrogen-bond donors (Lipinski definition) is 0. The summed E-state index contributed by atoms with van der Waals surface area (Å²) in [6.07, 6.45) is 7.38. The molecule has 0 atom stereocenters. The number of aromatic nitrogens is 1. The number of rotatable bonds is 7. The summed E-state index contributed by atoms with van der Waals surface area (Å²) >= 11 is 3.45. The first-order valence-corrected chi connectivity index (χ1v) is 6.58. The second kappa shape index (κ2) is 7.83. The summed E-state index contributed by atoms with van der Waals surface area (Å²) < 4.78 is 0. The smallest absolute Gasteiger partial charge is 0.0270 e. The number of likely N-dealkylation sites (N-methyl/N-ethyl adjacent to an activating group) is 1. The third-order valence-electron chi connectivity index (χ3n) is 2.46. The highest BCUT2D eigenvalue weighted by Crippen LogP contribution is 2.00. The van der Waals surface area contributed by atoms with E-state index in [9.17, 15) is 0 Å². The van der Waals surface area contributed by atoms with Crippen molar-refractivity contribution < 1.29 is 0 Å². The standard InChI is InChI=1S/C12H19BrN2/c1-15(10-3-2-7-13)11-6-12-4-8-14-9-5-12/h4-5,8-9H,2-3,6-7,10-11H2,1H3. The van der Waals surface area contributed by atoms with E-state index in [0.717, 1.165) is 18.3 Å². The Morgan fingerprint density at radius 3 is 2.60 bits per heavy atom. The molecule has 1 rings (SSSR count). The van der Waals surface area contributed by atoms with Crippen molar-refractivity contribution in [3.05, 3.63) is 30.1 Å². The molecule has 0 aliphatic heterocycles. The van der Waals surface area contributed by atoms with Crippen LogP contribution in [0.1, 0.15) is 18.4 Å². The van der Waals surface area contributed by atoms with Gasteiger partial charge in [0.1, 0.15) is 0 Å². The third kappa shape index (κ3) is 5.90. The van der Waals surface area contributed by atoms with Crippen LogP contribution in [-0.2, 0) is 6.42 Å². The van der Waals surface area contributed by atoms with Gasteiger partial charge in [-0.3, -0.25) is 4.98 Å². The zero-order chi connectivity index (χ0) is 10.9. The van der Waals surface area contributed by atoms with Crippen LogP contribution >= 0.6 is 15.9 Å². The Morgan fingerprint density at radius 1 is 1.20 bits per heavy atom. The molecule has 0 aromatic carbocycles. The van der Waals surface area contributed by atoms with Crippen molar-refractivity contribution in [3.63, 3.8) is 0 Å². The van der Waals surface area contributed by atoms with Gasteiger partial charge in [-0.05, 0) is 50.6 Å². The van der Waals surface area contributed by atoms with Gasteiger partial charge in [-0.25, -0.2) is 0 Å². The van der Waals surface area contributed by atoms with Gasteiger partial charge in [0, 0.05) is 24.3 Å². The van der Waals surface area contributed by atoms with Gasteiger partial charge in [-0.1, -0.05) is 15.9 Å². The van der Waals surface area contributed by atoms with E-state index in [-0.39, 0.29) is 0 Å². The molecule has 0 bridgehead atoms. The third-order valence-corrected chi connectivity index (χ3v) is 3.02. The van der Waals surface area contributed by atoms with E-state index in [1.165, 1.54) is 24.9 Å². The lowest BCUT2D eigenvalue weighted by molar-refractivity contribution is 0.333. The molecular formula is C12H19BrN2. The average Bonchev–Trinajstić information content (AvgIpc) is 2.28. The number of alkyl halides is 1. The van der Waals surface area contributed by atoms with Gasteiger partial charge in [0.05, 0.1) is 0 Å². The summed E-state index contributed by atoms with van der Waals surface area (Å²) in [5.41, 5.74) is 1.37. The summed E-state index contributed by atoms with van der Waals surface area (Å²) in [5, 5.41) is 1.12. The Hall–Kier alpha value is -0.410.